The number of fused-ring (bicyclic) bond motifs is 1. The monoisotopic (exact) mass is 338 g/mol. The highest BCUT2D eigenvalue weighted by molar-refractivity contribution is 5.99. The van der Waals surface area contributed by atoms with E-state index in [1.807, 2.05) is 44.2 Å². The van der Waals surface area contributed by atoms with Crippen LogP contribution in [0.1, 0.15) is 53.7 Å². The molecule has 0 fully saturated rings. The number of aliphatic hydroxyl groups excluding tert-OH is 1. The van der Waals surface area contributed by atoms with Crippen molar-refractivity contribution in [2.45, 2.75) is 51.6 Å². The number of ketones is 1. The molecule has 0 saturated heterocycles. The zero-order chi connectivity index (χ0) is 17.9. The summed E-state index contributed by atoms with van der Waals surface area (Å²) in [6.45, 7) is 3.69. The fourth-order valence-corrected chi connectivity index (χ4v) is 3.39. The molecule has 0 amide bonds. The van der Waals surface area contributed by atoms with Crippen molar-refractivity contribution in [3.63, 3.8) is 0 Å². The summed E-state index contributed by atoms with van der Waals surface area (Å²) in [5.74, 6) is 1.03. The fourth-order valence-electron chi connectivity index (χ4n) is 3.39. The summed E-state index contributed by atoms with van der Waals surface area (Å²) in [6, 6.07) is 14.2. The minimum absolute atomic E-state index is 0.0544. The second-order valence-electron chi connectivity index (χ2n) is 7.35. The highest BCUT2D eigenvalue weighted by Crippen LogP contribution is 2.34. The van der Waals surface area contributed by atoms with E-state index in [-0.39, 0.29) is 12.4 Å². The molecule has 0 spiro atoms. The van der Waals surface area contributed by atoms with Gasteiger partial charge in [0.15, 0.2) is 5.78 Å². The smallest absolute Gasteiger partial charge is 0.163 e. The van der Waals surface area contributed by atoms with Crippen molar-refractivity contribution in [2.24, 2.45) is 0 Å². The Labute approximate surface area is 149 Å². The Morgan fingerprint density at radius 3 is 2.52 bits per heavy atom. The van der Waals surface area contributed by atoms with Gasteiger partial charge in [0.25, 0.3) is 0 Å². The molecule has 0 saturated carbocycles. The van der Waals surface area contributed by atoms with E-state index in [2.05, 4.69) is 12.1 Å². The molecule has 0 aliphatic heterocycles. The average molecular weight is 338 g/mol. The number of ether oxygens (including phenoxy) is 1. The van der Waals surface area contributed by atoms with Gasteiger partial charge in [0.2, 0.25) is 0 Å². The minimum atomic E-state index is -0.644. The molecule has 2 aromatic carbocycles. The molecule has 0 radical (unpaired) electrons. The molecule has 3 rings (SSSR count). The zero-order valence-electron chi connectivity index (χ0n) is 15.0. The van der Waals surface area contributed by atoms with Crippen LogP contribution in [0.15, 0.2) is 42.5 Å². The Hall–Kier alpha value is -2.13. The van der Waals surface area contributed by atoms with Gasteiger partial charge in [0, 0.05) is 12.0 Å². The Kier molecular flexibility index (Phi) is 5.24. The van der Waals surface area contributed by atoms with Gasteiger partial charge in [0.1, 0.15) is 11.4 Å². The van der Waals surface area contributed by atoms with Crippen molar-refractivity contribution >= 4 is 5.78 Å². The summed E-state index contributed by atoms with van der Waals surface area (Å²) in [7, 11) is 0. The first-order valence-electron chi connectivity index (χ1n) is 9.02. The molecule has 0 atom stereocenters. The maximum atomic E-state index is 12.3. The molecular formula is C22H26O3. The molecule has 0 bridgehead atoms. The van der Waals surface area contributed by atoms with E-state index in [0.717, 1.165) is 48.1 Å². The number of carbonyl (C=O) groups excluding carboxylic acids is 1. The minimum Gasteiger partial charge on any atom is -0.485 e. The quantitative estimate of drug-likeness (QED) is 0.861. The van der Waals surface area contributed by atoms with Crippen molar-refractivity contribution in [3.8, 4) is 5.75 Å². The third-order valence-corrected chi connectivity index (χ3v) is 4.79. The lowest BCUT2D eigenvalue weighted by atomic mass is 9.85. The molecule has 1 aliphatic rings. The van der Waals surface area contributed by atoms with E-state index in [4.69, 9.17) is 4.74 Å². The van der Waals surface area contributed by atoms with Gasteiger partial charge in [0.05, 0.1) is 6.61 Å². The maximum Gasteiger partial charge on any atom is 0.163 e. The van der Waals surface area contributed by atoms with Crippen molar-refractivity contribution in [1.82, 2.24) is 0 Å². The third kappa shape index (κ3) is 4.10. The zero-order valence-corrected chi connectivity index (χ0v) is 15.0. The van der Waals surface area contributed by atoms with Gasteiger partial charge >= 0.3 is 0 Å². The van der Waals surface area contributed by atoms with Gasteiger partial charge in [-0.1, -0.05) is 30.3 Å². The molecule has 3 heteroatoms. The lowest BCUT2D eigenvalue weighted by Crippen LogP contribution is -2.33. The lowest BCUT2D eigenvalue weighted by Gasteiger charge is -2.28. The first-order valence-corrected chi connectivity index (χ1v) is 9.02. The van der Waals surface area contributed by atoms with Gasteiger partial charge < -0.3 is 9.84 Å². The second-order valence-corrected chi connectivity index (χ2v) is 7.35. The van der Waals surface area contributed by atoms with E-state index >= 15 is 0 Å². The fraction of sp³-hybridized carbons (Fsp3) is 0.409. The summed E-state index contributed by atoms with van der Waals surface area (Å²) in [5.41, 5.74) is 3.74. The number of aliphatic hydroxyl groups is 1. The van der Waals surface area contributed by atoms with Crippen LogP contribution in [0.2, 0.25) is 0 Å². The van der Waals surface area contributed by atoms with Crippen LogP contribution in [0.25, 0.3) is 0 Å². The van der Waals surface area contributed by atoms with Crippen LogP contribution in [0, 0.1) is 0 Å². The normalized spacial score (nSPS) is 14.3. The summed E-state index contributed by atoms with van der Waals surface area (Å²) in [6.07, 6.45) is 4.19. The molecule has 2 aromatic rings. The summed E-state index contributed by atoms with van der Waals surface area (Å²) in [4.78, 5) is 12.3. The van der Waals surface area contributed by atoms with Gasteiger partial charge in [-0.05, 0) is 68.4 Å². The van der Waals surface area contributed by atoms with E-state index in [1.54, 1.807) is 0 Å². The van der Waals surface area contributed by atoms with E-state index in [1.165, 1.54) is 5.56 Å². The van der Waals surface area contributed by atoms with Crippen LogP contribution in [0.5, 0.6) is 5.75 Å². The summed E-state index contributed by atoms with van der Waals surface area (Å²) in [5, 5.41) is 9.56. The van der Waals surface area contributed by atoms with Crippen molar-refractivity contribution in [3.05, 3.63) is 64.7 Å². The van der Waals surface area contributed by atoms with Gasteiger partial charge in [-0.2, -0.15) is 0 Å². The first-order chi connectivity index (χ1) is 12.0. The molecule has 0 unspecified atom stereocenters. The molecule has 0 heterocycles. The highest BCUT2D eigenvalue weighted by Gasteiger charge is 2.25. The van der Waals surface area contributed by atoms with Crippen molar-refractivity contribution < 1.29 is 14.6 Å². The van der Waals surface area contributed by atoms with Gasteiger partial charge in [-0.25, -0.2) is 0 Å². The number of carbonyl (C=O) groups is 1. The van der Waals surface area contributed by atoms with E-state index < -0.39 is 5.60 Å². The molecule has 1 aliphatic carbocycles. The number of aryl methyl sites for hydroxylation is 1. The molecule has 25 heavy (non-hydrogen) atoms. The van der Waals surface area contributed by atoms with Crippen LogP contribution in [-0.4, -0.2) is 23.1 Å². The second kappa shape index (κ2) is 7.40. The molecule has 1 N–H and O–H groups in total. The molecular weight excluding hydrogens is 312 g/mol. The Morgan fingerprint density at radius 1 is 1.04 bits per heavy atom. The Balaban J connectivity index is 1.96. The van der Waals surface area contributed by atoms with Crippen LogP contribution < -0.4 is 4.74 Å². The maximum absolute atomic E-state index is 12.3. The van der Waals surface area contributed by atoms with Crippen LogP contribution in [0.4, 0.5) is 0 Å². The van der Waals surface area contributed by atoms with Gasteiger partial charge in [-0.3, -0.25) is 4.79 Å². The predicted molar refractivity (Wildman–Crippen MR) is 99.4 cm³/mol. The van der Waals surface area contributed by atoms with Crippen LogP contribution in [0.3, 0.4) is 0 Å². The summed E-state index contributed by atoms with van der Waals surface area (Å²) < 4.78 is 6.11. The van der Waals surface area contributed by atoms with Crippen LogP contribution >= 0.6 is 0 Å². The molecule has 0 aromatic heterocycles. The van der Waals surface area contributed by atoms with E-state index in [9.17, 15) is 9.90 Å². The Bertz CT molecular complexity index is 747. The third-order valence-electron chi connectivity index (χ3n) is 4.79. The number of Topliss-reactive ketones (excluding diaryl/α,β-unsaturated/α-hetero) is 1. The lowest BCUT2D eigenvalue weighted by molar-refractivity contribution is 0.0403. The predicted octanol–water partition coefficient (Wildman–Crippen LogP) is 4.14. The number of hydrogen-bond acceptors (Lipinski definition) is 3. The summed E-state index contributed by atoms with van der Waals surface area (Å²) >= 11 is 0. The number of rotatable bonds is 6. The number of benzene rings is 2. The Morgan fingerprint density at radius 2 is 1.80 bits per heavy atom. The standard InChI is InChI=1S/C22H26O3/c1-22(2,15-23)25-21-14-13-18-17(9-6-10-20(18)24)19(21)12-11-16-7-4-3-5-8-16/h3-5,7-8,13-14,23H,6,9-12,15H2,1-2H3. The molecule has 3 nitrogen and oxygen atoms in total. The number of hydrogen-bond donors (Lipinski definition) is 1. The van der Waals surface area contributed by atoms with E-state index in [0.29, 0.717) is 6.42 Å². The van der Waals surface area contributed by atoms with Crippen molar-refractivity contribution in [1.29, 1.82) is 0 Å². The van der Waals surface area contributed by atoms with Gasteiger partial charge in [-0.15, -0.1) is 0 Å². The largest absolute Gasteiger partial charge is 0.485 e. The average Bonchev–Trinajstić information content (AvgIpc) is 2.61. The topological polar surface area (TPSA) is 46.5 Å². The molecule has 132 valence electrons. The highest BCUT2D eigenvalue weighted by atomic mass is 16.5. The first kappa shape index (κ1) is 17.7. The SMILES string of the molecule is CC(C)(CO)Oc1ccc2c(c1CCc1ccccc1)CCCC2=O. The van der Waals surface area contributed by atoms with Crippen molar-refractivity contribution in [2.75, 3.05) is 6.61 Å². The van der Waals surface area contributed by atoms with Crippen LogP contribution in [-0.2, 0) is 19.3 Å².